The Morgan fingerprint density at radius 2 is 2.25 bits per heavy atom. The van der Waals surface area contributed by atoms with Gasteiger partial charge in [0.05, 0.1) is 25.0 Å². The zero-order chi connectivity index (χ0) is 14.8. The van der Waals surface area contributed by atoms with Crippen LogP contribution in [0.1, 0.15) is 25.7 Å². The fourth-order valence-corrected chi connectivity index (χ4v) is 4.22. The monoisotopic (exact) mass is 306 g/mol. The number of hydrogen-bond acceptors (Lipinski definition) is 6. The van der Waals surface area contributed by atoms with Crippen molar-refractivity contribution in [3.05, 3.63) is 0 Å². The van der Waals surface area contributed by atoms with E-state index in [2.05, 4.69) is 9.46 Å². The molecule has 2 aliphatic rings. The minimum Gasteiger partial charge on any atom is -0.469 e. The standard InChI is InChI=1S/C12H22N2O5S/c1-18-9(15)5-3-7-20(16,17)14-11-10(13)8-4-2-6-19-12(8)11/h8,10-12,14H,2-7,13H2,1H3. The molecule has 1 heterocycles. The third kappa shape index (κ3) is 3.49. The molecule has 0 aromatic carbocycles. The summed E-state index contributed by atoms with van der Waals surface area (Å²) in [5, 5.41) is 0. The normalized spacial score (nSPS) is 33.1. The Balaban J connectivity index is 1.81. The Morgan fingerprint density at radius 3 is 2.95 bits per heavy atom. The van der Waals surface area contributed by atoms with Gasteiger partial charge in [-0.05, 0) is 19.3 Å². The molecule has 7 nitrogen and oxygen atoms in total. The van der Waals surface area contributed by atoms with Crippen molar-refractivity contribution in [3.8, 4) is 0 Å². The summed E-state index contributed by atoms with van der Waals surface area (Å²) in [6.07, 6.45) is 2.20. The summed E-state index contributed by atoms with van der Waals surface area (Å²) in [5.41, 5.74) is 6.00. The lowest BCUT2D eigenvalue weighted by molar-refractivity contribution is -0.140. The minimum atomic E-state index is -3.45. The highest BCUT2D eigenvalue weighted by Gasteiger charge is 2.51. The molecule has 1 saturated heterocycles. The van der Waals surface area contributed by atoms with Crippen molar-refractivity contribution in [2.45, 2.75) is 43.9 Å². The van der Waals surface area contributed by atoms with Crippen molar-refractivity contribution in [2.75, 3.05) is 19.5 Å². The zero-order valence-corrected chi connectivity index (χ0v) is 12.4. The molecule has 0 aromatic rings. The Hall–Kier alpha value is -0.700. The highest BCUT2D eigenvalue weighted by atomic mass is 32.2. The molecule has 1 aliphatic carbocycles. The quantitative estimate of drug-likeness (QED) is 0.632. The number of nitrogens with one attached hydrogen (secondary N) is 1. The van der Waals surface area contributed by atoms with Gasteiger partial charge in [-0.1, -0.05) is 0 Å². The molecule has 0 radical (unpaired) electrons. The van der Waals surface area contributed by atoms with Crippen LogP contribution in [-0.4, -0.2) is 52.0 Å². The molecule has 0 spiro atoms. The molecule has 0 amide bonds. The molecule has 0 aromatic heterocycles. The first kappa shape index (κ1) is 15.7. The number of nitrogens with two attached hydrogens (primary N) is 1. The third-order valence-corrected chi connectivity index (χ3v) is 5.47. The van der Waals surface area contributed by atoms with Crippen molar-refractivity contribution >= 4 is 16.0 Å². The molecule has 4 atom stereocenters. The molecule has 116 valence electrons. The lowest BCUT2D eigenvalue weighted by Gasteiger charge is -2.52. The number of carbonyl (C=O) groups is 1. The summed E-state index contributed by atoms with van der Waals surface area (Å²) in [4.78, 5) is 10.9. The van der Waals surface area contributed by atoms with Crippen LogP contribution in [0.2, 0.25) is 0 Å². The second kappa shape index (κ2) is 6.38. The van der Waals surface area contributed by atoms with Crippen molar-refractivity contribution in [3.63, 3.8) is 0 Å². The average Bonchev–Trinajstić information content (AvgIpc) is 2.44. The molecule has 3 N–H and O–H groups in total. The maximum absolute atomic E-state index is 11.9. The van der Waals surface area contributed by atoms with Gasteiger partial charge in [0.15, 0.2) is 0 Å². The van der Waals surface area contributed by atoms with Gasteiger partial charge in [0.1, 0.15) is 0 Å². The molecule has 2 rings (SSSR count). The molecular weight excluding hydrogens is 284 g/mol. The fraction of sp³-hybridized carbons (Fsp3) is 0.917. The smallest absolute Gasteiger partial charge is 0.305 e. The van der Waals surface area contributed by atoms with Crippen LogP contribution < -0.4 is 10.5 Å². The molecular formula is C12H22N2O5S. The highest BCUT2D eigenvalue weighted by Crippen LogP contribution is 2.37. The first-order chi connectivity index (χ1) is 9.44. The number of sulfonamides is 1. The average molecular weight is 306 g/mol. The lowest BCUT2D eigenvalue weighted by Crippen LogP contribution is -2.72. The molecule has 0 bridgehead atoms. The van der Waals surface area contributed by atoms with Gasteiger partial charge < -0.3 is 15.2 Å². The number of esters is 1. The van der Waals surface area contributed by atoms with Crippen LogP contribution in [0.4, 0.5) is 0 Å². The van der Waals surface area contributed by atoms with E-state index in [0.29, 0.717) is 6.61 Å². The van der Waals surface area contributed by atoms with E-state index < -0.39 is 16.0 Å². The topological polar surface area (TPSA) is 108 Å². The largest absolute Gasteiger partial charge is 0.469 e. The predicted octanol–water partition coefficient (Wildman–Crippen LogP) is -0.636. The van der Waals surface area contributed by atoms with E-state index in [0.717, 1.165) is 12.8 Å². The molecule has 4 unspecified atom stereocenters. The Labute approximate surface area is 119 Å². The second-order valence-corrected chi connectivity index (χ2v) is 7.23. The van der Waals surface area contributed by atoms with Crippen LogP contribution in [0.5, 0.6) is 0 Å². The second-order valence-electron chi connectivity index (χ2n) is 5.36. The van der Waals surface area contributed by atoms with E-state index in [1.165, 1.54) is 7.11 Å². The first-order valence-electron chi connectivity index (χ1n) is 6.88. The van der Waals surface area contributed by atoms with Gasteiger partial charge in [0.25, 0.3) is 0 Å². The van der Waals surface area contributed by atoms with Crippen LogP contribution in [0.25, 0.3) is 0 Å². The lowest BCUT2D eigenvalue weighted by atomic mass is 9.69. The number of ether oxygens (including phenoxy) is 2. The molecule has 8 heteroatoms. The van der Waals surface area contributed by atoms with E-state index in [-0.39, 0.29) is 42.7 Å². The van der Waals surface area contributed by atoms with Crippen LogP contribution in [0, 0.1) is 5.92 Å². The fourth-order valence-electron chi connectivity index (χ4n) is 2.87. The summed E-state index contributed by atoms with van der Waals surface area (Å²) in [7, 11) is -2.17. The van der Waals surface area contributed by atoms with E-state index in [1.807, 2.05) is 0 Å². The van der Waals surface area contributed by atoms with E-state index in [9.17, 15) is 13.2 Å². The number of hydrogen-bond donors (Lipinski definition) is 2. The van der Waals surface area contributed by atoms with E-state index in [4.69, 9.17) is 10.5 Å². The van der Waals surface area contributed by atoms with Gasteiger partial charge in [-0.2, -0.15) is 0 Å². The van der Waals surface area contributed by atoms with Crippen LogP contribution in [-0.2, 0) is 24.3 Å². The van der Waals surface area contributed by atoms with Crippen LogP contribution in [0.15, 0.2) is 0 Å². The van der Waals surface area contributed by atoms with Gasteiger partial charge in [-0.25, -0.2) is 13.1 Å². The van der Waals surface area contributed by atoms with Gasteiger partial charge in [-0.3, -0.25) is 4.79 Å². The SMILES string of the molecule is COC(=O)CCCS(=O)(=O)NC1C(N)C2CCCOC21. The van der Waals surface area contributed by atoms with Crippen LogP contribution in [0.3, 0.4) is 0 Å². The van der Waals surface area contributed by atoms with Gasteiger partial charge in [0.2, 0.25) is 10.0 Å². The first-order valence-corrected chi connectivity index (χ1v) is 8.54. The summed E-state index contributed by atoms with van der Waals surface area (Å²) >= 11 is 0. The summed E-state index contributed by atoms with van der Waals surface area (Å²) in [5.74, 6) is -0.259. The maximum Gasteiger partial charge on any atom is 0.305 e. The van der Waals surface area contributed by atoms with Crippen molar-refractivity contribution in [2.24, 2.45) is 11.7 Å². The van der Waals surface area contributed by atoms with E-state index in [1.54, 1.807) is 0 Å². The maximum atomic E-state index is 11.9. The Kier molecular flexibility index (Phi) is 5.00. The molecule has 2 fully saturated rings. The number of carbonyl (C=O) groups excluding carboxylic acids is 1. The number of methoxy groups -OCH3 is 1. The number of fused-ring (bicyclic) bond motifs is 1. The van der Waals surface area contributed by atoms with Crippen molar-refractivity contribution < 1.29 is 22.7 Å². The minimum absolute atomic E-state index is 0.0939. The zero-order valence-electron chi connectivity index (χ0n) is 11.6. The third-order valence-electron chi connectivity index (χ3n) is 4.01. The Bertz CT molecular complexity index is 453. The Morgan fingerprint density at radius 1 is 1.50 bits per heavy atom. The molecule has 1 aliphatic heterocycles. The van der Waals surface area contributed by atoms with Crippen molar-refractivity contribution in [1.29, 1.82) is 0 Å². The molecule has 20 heavy (non-hydrogen) atoms. The van der Waals surface area contributed by atoms with Crippen molar-refractivity contribution in [1.82, 2.24) is 4.72 Å². The van der Waals surface area contributed by atoms with Gasteiger partial charge in [-0.15, -0.1) is 0 Å². The van der Waals surface area contributed by atoms with E-state index >= 15 is 0 Å². The summed E-state index contributed by atoms with van der Waals surface area (Å²) in [6, 6.07) is -0.529. The van der Waals surface area contributed by atoms with Gasteiger partial charge in [0, 0.05) is 25.0 Å². The predicted molar refractivity (Wildman–Crippen MR) is 72.4 cm³/mol. The number of rotatable bonds is 6. The van der Waals surface area contributed by atoms with Gasteiger partial charge >= 0.3 is 5.97 Å². The van der Waals surface area contributed by atoms with Crippen LogP contribution >= 0.6 is 0 Å². The highest BCUT2D eigenvalue weighted by molar-refractivity contribution is 7.89. The molecule has 1 saturated carbocycles. The summed E-state index contributed by atoms with van der Waals surface area (Å²) in [6.45, 7) is 0.661. The summed E-state index contributed by atoms with van der Waals surface area (Å²) < 4.78 is 36.6.